The van der Waals surface area contributed by atoms with Crippen LogP contribution >= 0.6 is 0 Å². The van der Waals surface area contributed by atoms with Gasteiger partial charge in [-0.2, -0.15) is 9.78 Å². The first-order valence-corrected chi connectivity index (χ1v) is 10.4. The highest BCUT2D eigenvalue weighted by Gasteiger charge is 2.25. The van der Waals surface area contributed by atoms with E-state index in [1.54, 1.807) is 37.4 Å². The van der Waals surface area contributed by atoms with Crippen LogP contribution in [-0.2, 0) is 0 Å². The Morgan fingerprint density at radius 3 is 2.74 bits per heavy atom. The zero-order valence-electron chi connectivity index (χ0n) is 18.5. The van der Waals surface area contributed by atoms with Gasteiger partial charge in [0.1, 0.15) is 17.2 Å². The lowest BCUT2D eigenvalue weighted by molar-refractivity contribution is 0.0950. The summed E-state index contributed by atoms with van der Waals surface area (Å²) in [6, 6.07) is 14.4. The number of amides is 1. The topological polar surface area (TPSA) is 156 Å². The van der Waals surface area contributed by atoms with Gasteiger partial charge in [0.2, 0.25) is 11.6 Å². The van der Waals surface area contributed by atoms with Crippen LogP contribution in [0.15, 0.2) is 58.3 Å². The highest BCUT2D eigenvalue weighted by atomic mass is 16.6. The summed E-state index contributed by atoms with van der Waals surface area (Å²) >= 11 is 0. The van der Waals surface area contributed by atoms with Gasteiger partial charge in [-0.15, -0.1) is 5.10 Å². The maximum Gasteiger partial charge on any atom is 0.294 e. The molecular formula is C22H22N8O4. The van der Waals surface area contributed by atoms with Gasteiger partial charge in [0, 0.05) is 5.56 Å². The fourth-order valence-corrected chi connectivity index (χ4v) is 3.05. The number of nitrogens with zero attached hydrogens (tertiary/aromatic N) is 6. The molecule has 2 heterocycles. The number of ether oxygens (including phenoxy) is 2. The lowest BCUT2D eigenvalue weighted by atomic mass is 10.1. The summed E-state index contributed by atoms with van der Waals surface area (Å²) in [6.07, 6.45) is 2.38. The Morgan fingerprint density at radius 1 is 1.21 bits per heavy atom. The number of hydrazone groups is 1. The van der Waals surface area contributed by atoms with Gasteiger partial charge in [0.25, 0.3) is 5.91 Å². The molecule has 0 unspecified atom stereocenters. The number of benzene rings is 2. The second-order valence-corrected chi connectivity index (χ2v) is 7.02. The Bertz CT molecular complexity index is 1300. The van der Waals surface area contributed by atoms with Crippen LogP contribution in [0.2, 0.25) is 0 Å². The van der Waals surface area contributed by atoms with E-state index in [4.69, 9.17) is 15.2 Å². The lowest BCUT2D eigenvalue weighted by Gasteiger charge is -2.08. The second kappa shape index (κ2) is 10.3. The number of carbonyl (C=O) groups excluding carboxylic acids is 1. The molecule has 0 saturated heterocycles. The molecule has 0 bridgehead atoms. The molecule has 3 N–H and O–H groups in total. The molecule has 0 aliphatic rings. The molecule has 0 fully saturated rings. The first-order chi connectivity index (χ1) is 16.6. The van der Waals surface area contributed by atoms with Crippen LogP contribution in [0.5, 0.6) is 11.5 Å². The number of methoxy groups -OCH3 is 1. The molecule has 0 aliphatic carbocycles. The number of hydrogen-bond acceptors (Lipinski definition) is 10. The van der Waals surface area contributed by atoms with Gasteiger partial charge >= 0.3 is 0 Å². The second-order valence-electron chi connectivity index (χ2n) is 7.02. The number of nitrogens with two attached hydrogens (primary N) is 1. The number of nitrogens with one attached hydrogen (secondary N) is 1. The summed E-state index contributed by atoms with van der Waals surface area (Å²) < 4.78 is 16.8. The van der Waals surface area contributed by atoms with Gasteiger partial charge in [0.15, 0.2) is 5.69 Å². The first kappa shape index (κ1) is 22.5. The van der Waals surface area contributed by atoms with Crippen LogP contribution in [0, 0.1) is 0 Å². The number of carbonyl (C=O) groups is 1. The van der Waals surface area contributed by atoms with E-state index in [1.165, 1.54) is 10.9 Å². The molecule has 12 nitrogen and oxygen atoms in total. The largest absolute Gasteiger partial charge is 0.497 e. The van der Waals surface area contributed by atoms with E-state index < -0.39 is 5.91 Å². The predicted octanol–water partition coefficient (Wildman–Crippen LogP) is 2.46. The standard InChI is InChI=1S/C22H22N8O4/c1-3-11-33-16-9-7-15(8-10-16)19-18(25-29-30(19)21-20(23)27-34-28-21)22(31)26-24-13-14-5-4-6-17(12-14)32-2/h4-10,12-13H,3,11H2,1-2H3,(H2,23,27)(H,26,31)/b24-13-. The van der Waals surface area contributed by atoms with Gasteiger partial charge in [-0.3, -0.25) is 4.79 Å². The maximum absolute atomic E-state index is 12.9. The van der Waals surface area contributed by atoms with Gasteiger partial charge in [-0.25, -0.2) is 10.1 Å². The van der Waals surface area contributed by atoms with Crippen molar-refractivity contribution < 1.29 is 18.9 Å². The maximum atomic E-state index is 12.9. The molecule has 12 heteroatoms. The SMILES string of the molecule is CCCOc1ccc(-c2c(C(=O)N/N=C\c3cccc(OC)c3)nnn2-c2nonc2N)cc1. The highest BCUT2D eigenvalue weighted by molar-refractivity contribution is 5.98. The van der Waals surface area contributed by atoms with Crippen molar-refractivity contribution in [2.45, 2.75) is 13.3 Å². The number of aromatic nitrogens is 5. The third kappa shape index (κ3) is 4.85. The molecule has 0 saturated carbocycles. The third-order valence-electron chi connectivity index (χ3n) is 4.66. The Kier molecular flexibility index (Phi) is 6.77. The predicted molar refractivity (Wildman–Crippen MR) is 123 cm³/mol. The monoisotopic (exact) mass is 462 g/mol. The van der Waals surface area contributed by atoms with E-state index in [1.807, 2.05) is 25.1 Å². The molecule has 34 heavy (non-hydrogen) atoms. The minimum atomic E-state index is -0.582. The normalized spacial score (nSPS) is 11.0. The van der Waals surface area contributed by atoms with Gasteiger partial charge in [0.05, 0.1) is 19.9 Å². The van der Waals surface area contributed by atoms with Crippen molar-refractivity contribution in [3.8, 4) is 28.6 Å². The molecule has 0 radical (unpaired) electrons. The molecule has 0 spiro atoms. The quantitative estimate of drug-likeness (QED) is 0.282. The minimum Gasteiger partial charge on any atom is -0.497 e. The summed E-state index contributed by atoms with van der Waals surface area (Å²) in [7, 11) is 1.57. The summed E-state index contributed by atoms with van der Waals surface area (Å²) in [4.78, 5) is 12.9. The van der Waals surface area contributed by atoms with Crippen LogP contribution in [-0.4, -0.2) is 51.1 Å². The third-order valence-corrected chi connectivity index (χ3v) is 4.66. The van der Waals surface area contributed by atoms with Crippen molar-refractivity contribution in [1.82, 2.24) is 30.7 Å². The number of nitrogen functional groups attached to an aromatic ring is 1. The summed E-state index contributed by atoms with van der Waals surface area (Å²) in [5.41, 5.74) is 10.0. The van der Waals surface area contributed by atoms with Gasteiger partial charge < -0.3 is 15.2 Å². The van der Waals surface area contributed by atoms with Gasteiger partial charge in [-0.05, 0) is 58.7 Å². The van der Waals surface area contributed by atoms with E-state index in [0.717, 1.165) is 12.0 Å². The number of anilines is 1. The summed E-state index contributed by atoms with van der Waals surface area (Å²) in [6.45, 7) is 2.62. The number of rotatable bonds is 9. The van der Waals surface area contributed by atoms with E-state index in [0.29, 0.717) is 29.4 Å². The molecule has 1 amide bonds. The zero-order valence-corrected chi connectivity index (χ0v) is 18.5. The van der Waals surface area contributed by atoms with E-state index >= 15 is 0 Å². The average Bonchev–Trinajstić information content (AvgIpc) is 3.49. The fourth-order valence-electron chi connectivity index (χ4n) is 3.05. The zero-order chi connectivity index (χ0) is 23.9. The van der Waals surface area contributed by atoms with Gasteiger partial charge in [-0.1, -0.05) is 24.3 Å². The summed E-state index contributed by atoms with van der Waals surface area (Å²) in [5.74, 6) is 0.887. The molecule has 0 aliphatic heterocycles. The Balaban J connectivity index is 1.64. The Hall–Kier alpha value is -4.74. The molecule has 2 aromatic carbocycles. The Labute approximate surface area is 194 Å². The molecule has 4 rings (SSSR count). The van der Waals surface area contributed by atoms with Crippen molar-refractivity contribution >= 4 is 17.9 Å². The van der Waals surface area contributed by atoms with Crippen molar-refractivity contribution in [2.24, 2.45) is 5.10 Å². The highest BCUT2D eigenvalue weighted by Crippen LogP contribution is 2.28. The smallest absolute Gasteiger partial charge is 0.294 e. The summed E-state index contributed by atoms with van der Waals surface area (Å²) in [5, 5.41) is 19.4. The van der Waals surface area contributed by atoms with Crippen LogP contribution in [0.25, 0.3) is 17.1 Å². The van der Waals surface area contributed by atoms with E-state index in [-0.39, 0.29) is 17.3 Å². The average molecular weight is 462 g/mol. The molecule has 0 atom stereocenters. The van der Waals surface area contributed by atoms with Crippen LogP contribution in [0.4, 0.5) is 5.82 Å². The van der Waals surface area contributed by atoms with E-state index in [2.05, 4.69) is 35.8 Å². The van der Waals surface area contributed by atoms with Crippen molar-refractivity contribution in [1.29, 1.82) is 0 Å². The van der Waals surface area contributed by atoms with Crippen molar-refractivity contribution in [2.75, 3.05) is 19.5 Å². The van der Waals surface area contributed by atoms with Crippen molar-refractivity contribution in [3.05, 3.63) is 59.8 Å². The van der Waals surface area contributed by atoms with Crippen LogP contribution in [0.1, 0.15) is 29.4 Å². The number of hydrogen-bond donors (Lipinski definition) is 2. The van der Waals surface area contributed by atoms with Crippen LogP contribution in [0.3, 0.4) is 0 Å². The Morgan fingerprint density at radius 2 is 2.03 bits per heavy atom. The van der Waals surface area contributed by atoms with E-state index in [9.17, 15) is 4.79 Å². The minimum absolute atomic E-state index is 0.00273. The molecule has 2 aromatic heterocycles. The first-order valence-electron chi connectivity index (χ1n) is 10.4. The fraction of sp³-hybridized carbons (Fsp3) is 0.182. The molecule has 174 valence electrons. The van der Waals surface area contributed by atoms with Crippen molar-refractivity contribution in [3.63, 3.8) is 0 Å². The molecular weight excluding hydrogens is 440 g/mol. The van der Waals surface area contributed by atoms with Crippen LogP contribution < -0.4 is 20.6 Å². The lowest BCUT2D eigenvalue weighted by Crippen LogP contribution is -2.19. The molecule has 4 aromatic rings.